The number of nitrogens with zero attached hydrogens (tertiary/aromatic N) is 1. The first-order valence-electron chi connectivity index (χ1n) is 8.13. The van der Waals surface area contributed by atoms with Gasteiger partial charge in [-0.2, -0.15) is 0 Å². The number of hydrogen-bond acceptors (Lipinski definition) is 1. The molecule has 4 aromatic rings. The van der Waals surface area contributed by atoms with Gasteiger partial charge in [0.1, 0.15) is 0 Å². The SMILES string of the molecule is c1ccc2c(c1)cnc1c3ccc4c(c3ccc21)CCCC4. The van der Waals surface area contributed by atoms with E-state index in [0.29, 0.717) is 0 Å². The van der Waals surface area contributed by atoms with Gasteiger partial charge >= 0.3 is 0 Å². The maximum absolute atomic E-state index is 4.79. The first-order valence-corrected chi connectivity index (χ1v) is 8.13. The largest absolute Gasteiger partial charge is 0.255 e. The van der Waals surface area contributed by atoms with Gasteiger partial charge in [0.05, 0.1) is 5.52 Å². The van der Waals surface area contributed by atoms with E-state index in [-0.39, 0.29) is 0 Å². The molecule has 0 bridgehead atoms. The van der Waals surface area contributed by atoms with Crippen LogP contribution in [-0.4, -0.2) is 4.98 Å². The first kappa shape index (κ1) is 12.2. The molecule has 0 saturated carbocycles. The van der Waals surface area contributed by atoms with Gasteiger partial charge in [0.15, 0.2) is 0 Å². The summed E-state index contributed by atoms with van der Waals surface area (Å²) in [7, 11) is 0. The predicted molar refractivity (Wildman–Crippen MR) is 93.4 cm³/mol. The lowest BCUT2D eigenvalue weighted by Crippen LogP contribution is -2.03. The Morgan fingerprint density at radius 1 is 0.682 bits per heavy atom. The van der Waals surface area contributed by atoms with Crippen LogP contribution >= 0.6 is 0 Å². The van der Waals surface area contributed by atoms with Gasteiger partial charge in [-0.15, -0.1) is 0 Å². The van der Waals surface area contributed by atoms with Gasteiger partial charge in [-0.3, -0.25) is 4.98 Å². The van der Waals surface area contributed by atoms with E-state index >= 15 is 0 Å². The van der Waals surface area contributed by atoms with Crippen molar-refractivity contribution in [3.05, 3.63) is 65.9 Å². The van der Waals surface area contributed by atoms with E-state index in [0.717, 1.165) is 5.52 Å². The first-order chi connectivity index (χ1) is 10.9. The van der Waals surface area contributed by atoms with Crippen LogP contribution in [0.4, 0.5) is 0 Å². The van der Waals surface area contributed by atoms with Crippen LogP contribution in [0.25, 0.3) is 32.4 Å². The van der Waals surface area contributed by atoms with Gasteiger partial charge in [0.25, 0.3) is 0 Å². The fourth-order valence-electron chi connectivity index (χ4n) is 3.99. The number of fused-ring (bicyclic) bond motifs is 7. The molecule has 0 fully saturated rings. The molecule has 5 rings (SSSR count). The standard InChI is InChI=1S/C21H17N/c1-3-7-16-14(5-1)9-10-20-18(16)11-12-19-17-8-4-2-6-15(17)13-22-21(19)20/h2,4,6,8-13H,1,3,5,7H2. The fraction of sp³-hybridized carbons (Fsp3) is 0.190. The summed E-state index contributed by atoms with van der Waals surface area (Å²) in [6.07, 6.45) is 7.10. The Bertz CT molecular complexity index is 1030. The van der Waals surface area contributed by atoms with Crippen molar-refractivity contribution < 1.29 is 0 Å². The molecule has 0 atom stereocenters. The van der Waals surface area contributed by atoms with Crippen LogP contribution in [0.3, 0.4) is 0 Å². The minimum absolute atomic E-state index is 1.14. The quantitative estimate of drug-likeness (QED) is 0.393. The Balaban J connectivity index is 1.94. The number of benzene rings is 3. The summed E-state index contributed by atoms with van der Waals surface area (Å²) in [4.78, 5) is 4.79. The van der Waals surface area contributed by atoms with Crippen LogP contribution in [0, 0.1) is 0 Å². The van der Waals surface area contributed by atoms with E-state index in [9.17, 15) is 0 Å². The number of aromatic nitrogens is 1. The molecule has 3 aromatic carbocycles. The van der Waals surface area contributed by atoms with Crippen LogP contribution in [-0.2, 0) is 12.8 Å². The third-order valence-electron chi connectivity index (χ3n) is 5.09. The summed E-state index contributed by atoms with van der Waals surface area (Å²) in [5.74, 6) is 0. The minimum Gasteiger partial charge on any atom is -0.255 e. The summed E-state index contributed by atoms with van der Waals surface area (Å²) in [5, 5.41) is 6.50. The molecule has 1 heterocycles. The second kappa shape index (κ2) is 4.54. The maximum atomic E-state index is 4.79. The van der Waals surface area contributed by atoms with Crippen molar-refractivity contribution in [3.8, 4) is 0 Å². The summed E-state index contributed by atoms with van der Waals surface area (Å²) < 4.78 is 0. The Morgan fingerprint density at radius 3 is 2.45 bits per heavy atom. The molecule has 0 N–H and O–H groups in total. The molecule has 1 heteroatoms. The van der Waals surface area contributed by atoms with E-state index in [2.05, 4.69) is 48.5 Å². The Labute approximate surface area is 129 Å². The van der Waals surface area contributed by atoms with Gasteiger partial charge < -0.3 is 0 Å². The molecule has 0 saturated heterocycles. The number of hydrogen-bond donors (Lipinski definition) is 0. The summed E-state index contributed by atoms with van der Waals surface area (Å²) >= 11 is 0. The van der Waals surface area contributed by atoms with Crippen molar-refractivity contribution in [2.24, 2.45) is 0 Å². The van der Waals surface area contributed by atoms with Crippen molar-refractivity contribution in [3.63, 3.8) is 0 Å². The average Bonchev–Trinajstić information content (AvgIpc) is 2.60. The Hall–Kier alpha value is -2.41. The van der Waals surface area contributed by atoms with Crippen molar-refractivity contribution >= 4 is 32.4 Å². The maximum Gasteiger partial charge on any atom is 0.0786 e. The predicted octanol–water partition coefficient (Wildman–Crippen LogP) is 5.42. The molecule has 1 aliphatic rings. The zero-order valence-electron chi connectivity index (χ0n) is 12.5. The van der Waals surface area contributed by atoms with E-state index in [1.54, 1.807) is 11.1 Å². The van der Waals surface area contributed by atoms with Crippen LogP contribution in [0.2, 0.25) is 0 Å². The summed E-state index contributed by atoms with van der Waals surface area (Å²) in [5.41, 5.74) is 4.24. The van der Waals surface area contributed by atoms with Crippen LogP contribution < -0.4 is 0 Å². The lowest BCUT2D eigenvalue weighted by Gasteiger charge is -2.18. The highest BCUT2D eigenvalue weighted by Gasteiger charge is 2.14. The molecule has 0 radical (unpaired) electrons. The number of aryl methyl sites for hydroxylation is 2. The topological polar surface area (TPSA) is 12.9 Å². The molecular formula is C21H17N. The Morgan fingerprint density at radius 2 is 1.45 bits per heavy atom. The molecule has 0 unspecified atom stereocenters. The normalized spacial score (nSPS) is 14.5. The molecule has 0 spiro atoms. The molecule has 0 amide bonds. The zero-order chi connectivity index (χ0) is 14.5. The van der Waals surface area contributed by atoms with Gasteiger partial charge in [0.2, 0.25) is 0 Å². The highest BCUT2D eigenvalue weighted by molar-refractivity contribution is 6.15. The van der Waals surface area contributed by atoms with Gasteiger partial charge in [-0.1, -0.05) is 48.5 Å². The molecule has 1 aromatic heterocycles. The van der Waals surface area contributed by atoms with Crippen molar-refractivity contribution in [2.75, 3.05) is 0 Å². The van der Waals surface area contributed by atoms with E-state index in [1.165, 1.54) is 52.6 Å². The Kier molecular flexibility index (Phi) is 2.51. The highest BCUT2D eigenvalue weighted by atomic mass is 14.7. The lowest BCUT2D eigenvalue weighted by molar-refractivity contribution is 0.690. The third kappa shape index (κ3) is 1.62. The molecule has 106 valence electrons. The second-order valence-corrected chi connectivity index (χ2v) is 6.31. The monoisotopic (exact) mass is 283 g/mol. The third-order valence-corrected chi connectivity index (χ3v) is 5.09. The lowest BCUT2D eigenvalue weighted by atomic mass is 9.87. The van der Waals surface area contributed by atoms with Crippen molar-refractivity contribution in [1.29, 1.82) is 0 Å². The van der Waals surface area contributed by atoms with Gasteiger partial charge in [-0.25, -0.2) is 0 Å². The van der Waals surface area contributed by atoms with Crippen LogP contribution in [0.5, 0.6) is 0 Å². The number of pyridine rings is 1. The highest BCUT2D eigenvalue weighted by Crippen LogP contribution is 2.34. The molecular weight excluding hydrogens is 266 g/mol. The van der Waals surface area contributed by atoms with Gasteiger partial charge in [0, 0.05) is 22.4 Å². The van der Waals surface area contributed by atoms with E-state index in [1.807, 2.05) is 6.20 Å². The van der Waals surface area contributed by atoms with Gasteiger partial charge in [-0.05, 0) is 47.6 Å². The molecule has 1 aliphatic carbocycles. The number of rotatable bonds is 0. The molecule has 22 heavy (non-hydrogen) atoms. The summed E-state index contributed by atoms with van der Waals surface area (Å²) in [6.45, 7) is 0. The van der Waals surface area contributed by atoms with Crippen molar-refractivity contribution in [2.45, 2.75) is 25.7 Å². The molecule has 1 nitrogen and oxygen atoms in total. The smallest absolute Gasteiger partial charge is 0.0786 e. The summed E-state index contributed by atoms with van der Waals surface area (Å²) in [6, 6.07) is 17.7. The zero-order valence-corrected chi connectivity index (χ0v) is 12.5. The average molecular weight is 283 g/mol. The second-order valence-electron chi connectivity index (χ2n) is 6.31. The van der Waals surface area contributed by atoms with Crippen LogP contribution in [0.1, 0.15) is 24.0 Å². The van der Waals surface area contributed by atoms with Crippen molar-refractivity contribution in [1.82, 2.24) is 4.98 Å². The fourth-order valence-corrected chi connectivity index (χ4v) is 3.99. The molecule has 0 aliphatic heterocycles. The van der Waals surface area contributed by atoms with E-state index < -0.39 is 0 Å². The minimum atomic E-state index is 1.14. The van der Waals surface area contributed by atoms with Crippen LogP contribution in [0.15, 0.2) is 54.7 Å². The van der Waals surface area contributed by atoms with E-state index in [4.69, 9.17) is 4.98 Å².